The van der Waals surface area contributed by atoms with Gasteiger partial charge < -0.3 is 5.32 Å². The Morgan fingerprint density at radius 1 is 0.952 bits per heavy atom. The summed E-state index contributed by atoms with van der Waals surface area (Å²) in [4.78, 5) is 33.6. The van der Waals surface area contributed by atoms with E-state index < -0.39 is 10.0 Å². The number of para-hydroxylation sites is 1. The van der Waals surface area contributed by atoms with Crippen LogP contribution in [-0.4, -0.2) is 47.0 Å². The quantitative estimate of drug-likeness (QED) is 0.148. The zero-order valence-electron chi connectivity index (χ0n) is 23.4. The fraction of sp³-hybridized carbons (Fsp3) is 0.194. The van der Waals surface area contributed by atoms with Crippen LogP contribution in [0.3, 0.4) is 0 Å². The first-order valence-electron chi connectivity index (χ1n) is 13.4. The highest BCUT2D eigenvalue weighted by Crippen LogP contribution is 2.37. The zero-order chi connectivity index (χ0) is 29.9. The van der Waals surface area contributed by atoms with Crippen molar-refractivity contribution in [1.82, 2.24) is 13.9 Å². The van der Waals surface area contributed by atoms with E-state index in [0.717, 1.165) is 16.0 Å². The predicted octanol–water partition coefficient (Wildman–Crippen LogP) is 6.18. The third-order valence-corrected chi connectivity index (χ3v) is 10.8. The molecule has 0 saturated carbocycles. The Kier molecular flexibility index (Phi) is 8.93. The Hall–Kier alpha value is -3.77. The van der Waals surface area contributed by atoms with Crippen molar-refractivity contribution >= 4 is 54.9 Å². The molecule has 216 valence electrons. The first-order valence-corrected chi connectivity index (χ1v) is 16.7. The maximum atomic E-state index is 14.1. The highest BCUT2D eigenvalue weighted by molar-refractivity contribution is 7.99. The Balaban J connectivity index is 1.43. The van der Waals surface area contributed by atoms with Crippen molar-refractivity contribution in [2.24, 2.45) is 0 Å². The van der Waals surface area contributed by atoms with E-state index in [4.69, 9.17) is 4.98 Å². The summed E-state index contributed by atoms with van der Waals surface area (Å²) in [5.74, 6) is -0.305. The fourth-order valence-corrected chi connectivity index (χ4v) is 8.10. The van der Waals surface area contributed by atoms with Gasteiger partial charge in [-0.2, -0.15) is 4.31 Å². The van der Waals surface area contributed by atoms with Crippen molar-refractivity contribution in [3.05, 3.63) is 100 Å². The fourth-order valence-electron chi connectivity index (χ4n) is 4.75. The molecule has 0 spiro atoms. The molecule has 0 atom stereocenters. The van der Waals surface area contributed by atoms with E-state index in [1.54, 1.807) is 30.5 Å². The number of anilines is 1. The van der Waals surface area contributed by atoms with E-state index in [0.29, 0.717) is 39.8 Å². The lowest BCUT2D eigenvalue weighted by Gasteiger charge is -2.18. The summed E-state index contributed by atoms with van der Waals surface area (Å²) in [7, 11) is -3.59. The summed E-state index contributed by atoms with van der Waals surface area (Å²) in [6.07, 6.45) is 0. The number of thiophene rings is 1. The van der Waals surface area contributed by atoms with Crippen LogP contribution in [0.2, 0.25) is 0 Å². The topological polar surface area (TPSA) is 101 Å². The lowest BCUT2D eigenvalue weighted by Crippen LogP contribution is -2.30. The van der Waals surface area contributed by atoms with E-state index in [2.05, 4.69) is 5.32 Å². The van der Waals surface area contributed by atoms with Gasteiger partial charge in [0.15, 0.2) is 5.16 Å². The second-order valence-corrected chi connectivity index (χ2v) is 13.5. The Labute approximate surface area is 253 Å². The number of amides is 1. The number of sulfonamides is 1. The van der Waals surface area contributed by atoms with Crippen LogP contribution in [0, 0.1) is 6.92 Å². The number of benzene rings is 3. The molecule has 0 fully saturated rings. The third-order valence-electron chi connectivity index (χ3n) is 6.76. The van der Waals surface area contributed by atoms with Gasteiger partial charge >= 0.3 is 0 Å². The maximum absolute atomic E-state index is 14.1. The number of rotatable bonds is 10. The van der Waals surface area contributed by atoms with Gasteiger partial charge in [-0.3, -0.25) is 14.2 Å². The first kappa shape index (κ1) is 29.7. The number of thioether (sulfide) groups is 1. The minimum Gasteiger partial charge on any atom is -0.325 e. The number of aromatic nitrogens is 2. The van der Waals surface area contributed by atoms with Gasteiger partial charge in [0.25, 0.3) is 5.56 Å². The van der Waals surface area contributed by atoms with Gasteiger partial charge in [0.1, 0.15) is 4.83 Å². The van der Waals surface area contributed by atoms with Gasteiger partial charge in [0.05, 0.1) is 21.7 Å². The molecule has 1 N–H and O–H groups in total. The molecule has 8 nitrogen and oxygen atoms in total. The zero-order valence-corrected chi connectivity index (χ0v) is 25.9. The molecule has 0 unspecified atom stereocenters. The lowest BCUT2D eigenvalue weighted by molar-refractivity contribution is -0.113. The molecule has 2 heterocycles. The maximum Gasteiger partial charge on any atom is 0.268 e. The van der Waals surface area contributed by atoms with Crippen LogP contribution >= 0.6 is 23.1 Å². The molecule has 11 heteroatoms. The van der Waals surface area contributed by atoms with Crippen LogP contribution in [0.4, 0.5) is 5.69 Å². The molecule has 5 aromatic rings. The highest BCUT2D eigenvalue weighted by atomic mass is 32.2. The molecule has 3 aromatic carbocycles. The monoisotopic (exact) mass is 618 g/mol. The average Bonchev–Trinajstić information content (AvgIpc) is 3.33. The normalized spacial score (nSPS) is 11.7. The first-order chi connectivity index (χ1) is 20.2. The van der Waals surface area contributed by atoms with Gasteiger partial charge in [-0.15, -0.1) is 11.3 Å². The van der Waals surface area contributed by atoms with Crippen LogP contribution < -0.4 is 10.9 Å². The number of carbonyl (C=O) groups is 1. The molecule has 0 aliphatic heterocycles. The smallest absolute Gasteiger partial charge is 0.268 e. The number of fused-ring (bicyclic) bond motifs is 1. The van der Waals surface area contributed by atoms with Gasteiger partial charge in [-0.1, -0.05) is 74.1 Å². The molecule has 0 aliphatic rings. The second-order valence-electron chi connectivity index (χ2n) is 9.40. The van der Waals surface area contributed by atoms with Gasteiger partial charge in [0, 0.05) is 29.2 Å². The molecule has 0 radical (unpaired) electrons. The standard InChI is InChI=1S/C31H30N4O4S3/c1-4-34(5-2)42(38,39)25-18-16-23(17-19-25)32-26(36)20-40-31-33-29-28(30(37)35(31)24-14-10-7-11-15-24)27(21(3)41-29)22-12-8-6-9-13-22/h6-19H,4-5,20H2,1-3H3,(H,32,36). The van der Waals surface area contributed by atoms with Crippen LogP contribution in [0.1, 0.15) is 18.7 Å². The number of nitrogens with zero attached hydrogens (tertiary/aromatic N) is 3. The largest absolute Gasteiger partial charge is 0.325 e. The number of carbonyl (C=O) groups excluding carboxylic acids is 1. The molecule has 0 saturated heterocycles. The van der Waals surface area contributed by atoms with Crippen LogP contribution in [0.5, 0.6) is 0 Å². The summed E-state index contributed by atoms with van der Waals surface area (Å²) in [5.41, 5.74) is 2.77. The number of nitrogens with one attached hydrogen (secondary N) is 1. The van der Waals surface area contributed by atoms with Crippen molar-refractivity contribution < 1.29 is 13.2 Å². The Bertz CT molecular complexity index is 1880. The molecular weight excluding hydrogens is 589 g/mol. The molecule has 5 rings (SSSR count). The molecule has 1 amide bonds. The molecular formula is C31H30N4O4S3. The van der Waals surface area contributed by atoms with E-state index >= 15 is 0 Å². The SMILES string of the molecule is CCN(CC)S(=O)(=O)c1ccc(NC(=O)CSc2nc3sc(C)c(-c4ccccc4)c3c(=O)n2-c2ccccc2)cc1. The highest BCUT2D eigenvalue weighted by Gasteiger charge is 2.23. The van der Waals surface area contributed by atoms with Gasteiger partial charge in [-0.25, -0.2) is 13.4 Å². The predicted molar refractivity (Wildman–Crippen MR) is 171 cm³/mol. The number of hydrogen-bond acceptors (Lipinski definition) is 7. The molecule has 0 aliphatic carbocycles. The van der Waals surface area contributed by atoms with Crippen LogP contribution in [0.15, 0.2) is 99.8 Å². The Morgan fingerprint density at radius 2 is 1.57 bits per heavy atom. The lowest BCUT2D eigenvalue weighted by atomic mass is 10.0. The van der Waals surface area contributed by atoms with Crippen molar-refractivity contribution in [2.45, 2.75) is 30.8 Å². The summed E-state index contributed by atoms with van der Waals surface area (Å²) in [6, 6.07) is 25.2. The number of aryl methyl sites for hydroxylation is 1. The molecule has 2 aromatic heterocycles. The summed E-state index contributed by atoms with van der Waals surface area (Å²) >= 11 is 2.63. The van der Waals surface area contributed by atoms with E-state index in [9.17, 15) is 18.0 Å². The van der Waals surface area contributed by atoms with E-state index in [1.165, 1.54) is 39.5 Å². The second kappa shape index (κ2) is 12.6. The van der Waals surface area contributed by atoms with E-state index in [1.807, 2.05) is 67.6 Å². The molecule has 42 heavy (non-hydrogen) atoms. The van der Waals surface area contributed by atoms with Crippen molar-refractivity contribution in [3.63, 3.8) is 0 Å². The van der Waals surface area contributed by atoms with Crippen molar-refractivity contribution in [3.8, 4) is 16.8 Å². The third kappa shape index (κ3) is 5.91. The summed E-state index contributed by atoms with van der Waals surface area (Å²) in [6.45, 7) is 6.32. The van der Waals surface area contributed by atoms with Crippen LogP contribution in [-0.2, 0) is 14.8 Å². The van der Waals surface area contributed by atoms with Gasteiger partial charge in [0.2, 0.25) is 15.9 Å². The molecule has 0 bridgehead atoms. The number of hydrogen-bond donors (Lipinski definition) is 1. The van der Waals surface area contributed by atoms with Crippen molar-refractivity contribution in [2.75, 3.05) is 24.2 Å². The Morgan fingerprint density at radius 3 is 2.19 bits per heavy atom. The minimum atomic E-state index is -3.59. The van der Waals surface area contributed by atoms with Crippen LogP contribution in [0.25, 0.3) is 27.0 Å². The summed E-state index contributed by atoms with van der Waals surface area (Å²) < 4.78 is 28.5. The average molecular weight is 619 g/mol. The van der Waals surface area contributed by atoms with Crippen molar-refractivity contribution in [1.29, 1.82) is 0 Å². The summed E-state index contributed by atoms with van der Waals surface area (Å²) in [5, 5.41) is 3.78. The van der Waals surface area contributed by atoms with E-state index in [-0.39, 0.29) is 22.1 Å². The minimum absolute atomic E-state index is 0.000176. The van der Waals surface area contributed by atoms with Gasteiger partial charge in [-0.05, 0) is 48.9 Å².